The summed E-state index contributed by atoms with van der Waals surface area (Å²) in [4.78, 5) is 13.7. The van der Waals surface area contributed by atoms with Gasteiger partial charge in [-0.2, -0.15) is 0 Å². The summed E-state index contributed by atoms with van der Waals surface area (Å²) in [5, 5.41) is 2.91. The van der Waals surface area contributed by atoms with Crippen LogP contribution in [0, 0.1) is 5.82 Å². The zero-order valence-electron chi connectivity index (χ0n) is 16.0. The molecule has 0 aliphatic carbocycles. The lowest BCUT2D eigenvalue weighted by Gasteiger charge is -2.23. The molecule has 3 N–H and O–H groups in total. The van der Waals surface area contributed by atoms with E-state index in [0.29, 0.717) is 17.7 Å². The lowest BCUT2D eigenvalue weighted by Crippen LogP contribution is -3.14. The maximum absolute atomic E-state index is 12.9. The van der Waals surface area contributed by atoms with Crippen LogP contribution in [0.15, 0.2) is 53.4 Å². The van der Waals surface area contributed by atoms with Crippen molar-refractivity contribution in [1.82, 2.24) is 10.0 Å². The summed E-state index contributed by atoms with van der Waals surface area (Å²) in [5.74, 6) is -0.653. The van der Waals surface area contributed by atoms with Crippen molar-refractivity contribution in [3.63, 3.8) is 0 Å². The second kappa shape index (κ2) is 9.93. The number of hydrogen-bond acceptors (Lipinski definition) is 4. The Morgan fingerprint density at radius 1 is 1.03 bits per heavy atom. The normalized spacial score (nSPS) is 15.2. The van der Waals surface area contributed by atoms with Gasteiger partial charge in [-0.15, -0.1) is 0 Å². The van der Waals surface area contributed by atoms with Crippen molar-refractivity contribution in [2.45, 2.75) is 11.4 Å². The highest BCUT2D eigenvalue weighted by Crippen LogP contribution is 2.11. The Labute approximate surface area is 169 Å². The molecule has 1 heterocycles. The van der Waals surface area contributed by atoms with E-state index in [4.69, 9.17) is 4.74 Å². The number of rotatable bonds is 8. The van der Waals surface area contributed by atoms with E-state index in [2.05, 4.69) is 10.0 Å². The summed E-state index contributed by atoms with van der Waals surface area (Å²) in [6.07, 6.45) is 0. The van der Waals surface area contributed by atoms with Crippen molar-refractivity contribution < 1.29 is 27.2 Å². The Morgan fingerprint density at radius 2 is 1.69 bits per heavy atom. The second-order valence-corrected chi connectivity index (χ2v) is 8.61. The Hall–Kier alpha value is -2.33. The molecule has 1 fully saturated rings. The van der Waals surface area contributed by atoms with Gasteiger partial charge in [-0.3, -0.25) is 4.79 Å². The average Bonchev–Trinajstić information content (AvgIpc) is 2.74. The molecule has 0 unspecified atom stereocenters. The molecule has 156 valence electrons. The lowest BCUT2D eigenvalue weighted by atomic mass is 10.1. The third kappa shape index (κ3) is 6.33. The first-order valence-corrected chi connectivity index (χ1v) is 11.0. The fourth-order valence-electron chi connectivity index (χ4n) is 3.01. The first-order valence-electron chi connectivity index (χ1n) is 9.48. The van der Waals surface area contributed by atoms with Gasteiger partial charge in [-0.1, -0.05) is 12.1 Å². The first-order chi connectivity index (χ1) is 13.9. The van der Waals surface area contributed by atoms with Gasteiger partial charge in [0, 0.05) is 12.1 Å². The molecule has 9 heteroatoms. The van der Waals surface area contributed by atoms with Gasteiger partial charge >= 0.3 is 0 Å². The number of amides is 1. The predicted molar refractivity (Wildman–Crippen MR) is 106 cm³/mol. The topological polar surface area (TPSA) is 88.9 Å². The Bertz CT molecular complexity index is 912. The van der Waals surface area contributed by atoms with Crippen LogP contribution in [0.2, 0.25) is 0 Å². The molecule has 3 rings (SSSR count). The first kappa shape index (κ1) is 21.4. The highest BCUT2D eigenvalue weighted by atomic mass is 32.2. The summed E-state index contributed by atoms with van der Waals surface area (Å²) < 4.78 is 45.2. The van der Waals surface area contributed by atoms with E-state index in [0.717, 1.165) is 45.0 Å². The number of benzene rings is 2. The summed E-state index contributed by atoms with van der Waals surface area (Å²) in [7, 11) is -3.73. The number of quaternary nitrogens is 1. The van der Waals surface area contributed by atoms with E-state index >= 15 is 0 Å². The number of carbonyl (C=O) groups is 1. The van der Waals surface area contributed by atoms with E-state index in [-0.39, 0.29) is 17.3 Å². The number of hydrogen-bond donors (Lipinski definition) is 3. The van der Waals surface area contributed by atoms with Crippen molar-refractivity contribution in [3.05, 3.63) is 65.5 Å². The summed E-state index contributed by atoms with van der Waals surface area (Å²) in [6, 6.07) is 11.4. The highest BCUT2D eigenvalue weighted by molar-refractivity contribution is 7.89. The van der Waals surface area contributed by atoms with Crippen molar-refractivity contribution in [1.29, 1.82) is 0 Å². The molecule has 0 radical (unpaired) electrons. The molecule has 2 aromatic carbocycles. The standard InChI is InChI=1S/C20H24FN3O4S/c21-18-5-7-19(8-6-18)29(26,27)23-15-16-1-3-17(4-2-16)20(25)22-9-10-24-11-13-28-14-12-24/h1-8,23H,9-15H2,(H,22,25)/p+1. The quantitative estimate of drug-likeness (QED) is 0.557. The number of halogens is 1. The number of carbonyl (C=O) groups excluding carboxylic acids is 1. The van der Waals surface area contributed by atoms with E-state index in [1.54, 1.807) is 24.3 Å². The van der Waals surface area contributed by atoms with Crippen LogP contribution in [0.3, 0.4) is 0 Å². The third-order valence-electron chi connectivity index (χ3n) is 4.77. The molecular formula is C20H25FN3O4S+. The van der Waals surface area contributed by atoms with Crippen LogP contribution < -0.4 is 14.9 Å². The summed E-state index contributed by atoms with van der Waals surface area (Å²) >= 11 is 0. The van der Waals surface area contributed by atoms with Crippen molar-refractivity contribution in [2.75, 3.05) is 39.4 Å². The molecule has 29 heavy (non-hydrogen) atoms. The van der Waals surface area contributed by atoms with Crippen LogP contribution in [0.1, 0.15) is 15.9 Å². The molecule has 0 aromatic heterocycles. The average molecular weight is 423 g/mol. The summed E-state index contributed by atoms with van der Waals surface area (Å²) in [5.41, 5.74) is 1.23. The van der Waals surface area contributed by atoms with Crippen LogP contribution >= 0.6 is 0 Å². The van der Waals surface area contributed by atoms with Crippen LogP contribution in [0.25, 0.3) is 0 Å². The van der Waals surface area contributed by atoms with Crippen LogP contribution in [0.4, 0.5) is 4.39 Å². The van der Waals surface area contributed by atoms with Crippen molar-refractivity contribution in [3.8, 4) is 0 Å². The maximum atomic E-state index is 12.9. The molecule has 1 aliphatic rings. The summed E-state index contributed by atoms with van der Waals surface area (Å²) in [6.45, 7) is 4.95. The zero-order chi connectivity index (χ0) is 20.7. The molecule has 0 saturated carbocycles. The van der Waals surface area contributed by atoms with Gasteiger partial charge in [0.05, 0.1) is 31.2 Å². The van der Waals surface area contributed by atoms with Gasteiger partial charge in [0.2, 0.25) is 10.0 Å². The molecule has 1 saturated heterocycles. The Balaban J connectivity index is 1.47. The van der Waals surface area contributed by atoms with Crippen molar-refractivity contribution in [2.24, 2.45) is 0 Å². The van der Waals surface area contributed by atoms with Crippen LogP contribution in [0.5, 0.6) is 0 Å². The van der Waals surface area contributed by atoms with Gasteiger partial charge in [-0.05, 0) is 42.0 Å². The van der Waals surface area contributed by atoms with E-state index in [9.17, 15) is 17.6 Å². The zero-order valence-corrected chi connectivity index (χ0v) is 16.8. The molecule has 1 amide bonds. The predicted octanol–water partition coefficient (Wildman–Crippen LogP) is -0.0509. The van der Waals surface area contributed by atoms with E-state index in [1.807, 2.05) is 0 Å². The monoisotopic (exact) mass is 422 g/mol. The SMILES string of the molecule is O=C(NCC[NH+]1CCOCC1)c1ccc(CNS(=O)(=O)c2ccc(F)cc2)cc1. The number of nitrogens with one attached hydrogen (secondary N) is 3. The second-order valence-electron chi connectivity index (χ2n) is 6.84. The van der Waals surface area contributed by atoms with Gasteiger partial charge in [0.15, 0.2) is 0 Å². The molecule has 1 aliphatic heterocycles. The minimum Gasteiger partial charge on any atom is -0.370 e. The van der Waals surface area contributed by atoms with Crippen molar-refractivity contribution >= 4 is 15.9 Å². The highest BCUT2D eigenvalue weighted by Gasteiger charge is 2.15. The minimum atomic E-state index is -3.73. The van der Waals surface area contributed by atoms with Gasteiger partial charge in [-0.25, -0.2) is 17.5 Å². The van der Waals surface area contributed by atoms with Gasteiger partial charge in [0.1, 0.15) is 18.9 Å². The Morgan fingerprint density at radius 3 is 2.34 bits per heavy atom. The largest absolute Gasteiger partial charge is 0.370 e. The lowest BCUT2D eigenvalue weighted by molar-refractivity contribution is -0.906. The number of ether oxygens (including phenoxy) is 1. The minimum absolute atomic E-state index is 0.00250. The fourth-order valence-corrected chi connectivity index (χ4v) is 4.03. The molecule has 0 bridgehead atoms. The van der Waals surface area contributed by atoms with Crippen LogP contribution in [-0.2, 0) is 21.3 Å². The van der Waals surface area contributed by atoms with Crippen LogP contribution in [-0.4, -0.2) is 53.7 Å². The van der Waals surface area contributed by atoms with Gasteiger partial charge < -0.3 is 15.0 Å². The molecule has 0 atom stereocenters. The fraction of sp³-hybridized carbons (Fsp3) is 0.350. The molecular weight excluding hydrogens is 397 g/mol. The molecule has 2 aromatic rings. The maximum Gasteiger partial charge on any atom is 0.251 e. The third-order valence-corrected chi connectivity index (χ3v) is 6.19. The number of sulfonamides is 1. The van der Waals surface area contributed by atoms with Gasteiger partial charge in [0.25, 0.3) is 5.91 Å². The molecule has 0 spiro atoms. The smallest absolute Gasteiger partial charge is 0.251 e. The molecule has 7 nitrogen and oxygen atoms in total. The van der Waals surface area contributed by atoms with E-state index < -0.39 is 15.8 Å². The van der Waals surface area contributed by atoms with E-state index in [1.165, 1.54) is 17.0 Å². The Kier molecular flexibility index (Phi) is 7.32. The number of morpholine rings is 1.